The standard InChI is InChI=1S/C22H22FN3O2/c23-15-10-11-19-17(12-15)26-18(13-28-19)20(14-6-2-1-3-7-14)21(25-26)22(27)24-16-8-4-5-9-16/h1-3,6-7,10-12,16,18,20H,4-5,8-9,13H2,(H,24,27)/t18-,20+/m0/s1. The lowest BCUT2D eigenvalue weighted by Crippen LogP contribution is -2.43. The van der Waals surface area contributed by atoms with Gasteiger partial charge >= 0.3 is 0 Å². The quantitative estimate of drug-likeness (QED) is 0.887. The number of carbonyl (C=O) groups is 1. The van der Waals surface area contributed by atoms with E-state index in [2.05, 4.69) is 10.4 Å². The van der Waals surface area contributed by atoms with E-state index in [4.69, 9.17) is 4.74 Å². The van der Waals surface area contributed by atoms with E-state index < -0.39 is 0 Å². The number of nitrogens with one attached hydrogen (secondary N) is 1. The average Bonchev–Trinajstić information content (AvgIpc) is 3.36. The van der Waals surface area contributed by atoms with Crippen LogP contribution in [0.2, 0.25) is 0 Å². The van der Waals surface area contributed by atoms with Crippen LogP contribution in [-0.4, -0.2) is 30.3 Å². The molecule has 3 aliphatic rings. The van der Waals surface area contributed by atoms with Crippen molar-refractivity contribution in [1.29, 1.82) is 0 Å². The van der Waals surface area contributed by atoms with Crippen LogP contribution < -0.4 is 15.1 Å². The van der Waals surface area contributed by atoms with Crippen molar-refractivity contribution < 1.29 is 13.9 Å². The molecule has 0 spiro atoms. The lowest BCUT2D eigenvalue weighted by atomic mass is 9.87. The number of carbonyl (C=O) groups excluding carboxylic acids is 1. The minimum absolute atomic E-state index is 0.131. The Hall–Kier alpha value is -2.89. The molecule has 0 bridgehead atoms. The van der Waals surface area contributed by atoms with Crippen molar-refractivity contribution in [3.05, 3.63) is 59.9 Å². The van der Waals surface area contributed by atoms with Gasteiger partial charge in [0.2, 0.25) is 0 Å². The van der Waals surface area contributed by atoms with Gasteiger partial charge in [-0.1, -0.05) is 43.2 Å². The van der Waals surface area contributed by atoms with Crippen LogP contribution in [-0.2, 0) is 4.79 Å². The van der Waals surface area contributed by atoms with Crippen LogP contribution >= 0.6 is 0 Å². The van der Waals surface area contributed by atoms with E-state index >= 15 is 0 Å². The lowest BCUT2D eigenvalue weighted by molar-refractivity contribution is -0.115. The lowest BCUT2D eigenvalue weighted by Gasteiger charge is -2.33. The van der Waals surface area contributed by atoms with Crippen LogP contribution in [0.4, 0.5) is 10.1 Å². The summed E-state index contributed by atoms with van der Waals surface area (Å²) in [4.78, 5) is 13.1. The molecule has 2 aromatic rings. The van der Waals surface area contributed by atoms with Crippen molar-refractivity contribution in [3.63, 3.8) is 0 Å². The van der Waals surface area contributed by atoms with Crippen LogP contribution in [0.25, 0.3) is 0 Å². The van der Waals surface area contributed by atoms with E-state index in [1.54, 1.807) is 11.1 Å². The van der Waals surface area contributed by atoms with Gasteiger partial charge in [0.1, 0.15) is 29.6 Å². The summed E-state index contributed by atoms with van der Waals surface area (Å²) in [6, 6.07) is 14.3. The Morgan fingerprint density at radius 3 is 2.71 bits per heavy atom. The molecule has 5 nitrogen and oxygen atoms in total. The number of nitrogens with zero attached hydrogens (tertiary/aromatic N) is 2. The molecule has 2 atom stereocenters. The van der Waals surface area contributed by atoms with Crippen molar-refractivity contribution in [2.24, 2.45) is 5.10 Å². The number of rotatable bonds is 3. The number of halogens is 1. The van der Waals surface area contributed by atoms with Gasteiger partial charge in [0.05, 0.1) is 12.0 Å². The molecule has 0 aromatic heterocycles. The summed E-state index contributed by atoms with van der Waals surface area (Å²) in [5.41, 5.74) is 2.06. The van der Waals surface area contributed by atoms with Gasteiger partial charge in [-0.05, 0) is 30.5 Å². The summed E-state index contributed by atoms with van der Waals surface area (Å²) in [5.74, 6) is -0.115. The third-order valence-corrected chi connectivity index (χ3v) is 5.87. The van der Waals surface area contributed by atoms with Gasteiger partial charge < -0.3 is 10.1 Å². The van der Waals surface area contributed by atoms with E-state index in [0.717, 1.165) is 31.2 Å². The van der Waals surface area contributed by atoms with Crippen molar-refractivity contribution in [1.82, 2.24) is 5.32 Å². The van der Waals surface area contributed by atoms with Crippen molar-refractivity contribution in [2.45, 2.75) is 43.7 Å². The van der Waals surface area contributed by atoms with E-state index in [1.165, 1.54) is 12.1 Å². The smallest absolute Gasteiger partial charge is 0.268 e. The summed E-state index contributed by atoms with van der Waals surface area (Å²) in [6.07, 6.45) is 4.32. The SMILES string of the molecule is O=C(NC1CCCC1)C1=NN2c3cc(F)ccc3OC[C@H]2[C@H]1c1ccccc1. The maximum absolute atomic E-state index is 13.9. The molecule has 0 saturated heterocycles. The van der Waals surface area contributed by atoms with Gasteiger partial charge in [-0.15, -0.1) is 0 Å². The van der Waals surface area contributed by atoms with Crippen LogP contribution in [0.15, 0.2) is 53.6 Å². The Bertz CT molecular complexity index is 925. The summed E-state index contributed by atoms with van der Waals surface area (Å²) >= 11 is 0. The molecule has 6 heteroatoms. The number of anilines is 1. The zero-order valence-corrected chi connectivity index (χ0v) is 15.5. The first-order chi connectivity index (χ1) is 13.7. The fourth-order valence-electron chi connectivity index (χ4n) is 4.50. The minimum Gasteiger partial charge on any atom is -0.489 e. The molecule has 1 aliphatic carbocycles. The second-order valence-corrected chi connectivity index (χ2v) is 7.66. The first kappa shape index (κ1) is 17.2. The van der Waals surface area contributed by atoms with Crippen LogP contribution in [0.1, 0.15) is 37.2 Å². The van der Waals surface area contributed by atoms with Crippen LogP contribution in [0.3, 0.4) is 0 Å². The molecule has 0 radical (unpaired) electrons. The molecule has 5 rings (SSSR count). The van der Waals surface area contributed by atoms with Gasteiger partial charge in [-0.25, -0.2) is 4.39 Å². The van der Waals surface area contributed by atoms with E-state index in [0.29, 0.717) is 23.8 Å². The van der Waals surface area contributed by atoms with Gasteiger partial charge in [-0.3, -0.25) is 9.80 Å². The van der Waals surface area contributed by atoms with E-state index in [1.807, 2.05) is 30.3 Å². The summed E-state index contributed by atoms with van der Waals surface area (Å²) < 4.78 is 19.8. The number of hydrogen-bond acceptors (Lipinski definition) is 4. The topological polar surface area (TPSA) is 53.9 Å². The van der Waals surface area contributed by atoms with Crippen LogP contribution in [0.5, 0.6) is 5.75 Å². The summed E-state index contributed by atoms with van der Waals surface area (Å²) in [7, 11) is 0. The highest BCUT2D eigenvalue weighted by atomic mass is 19.1. The normalized spacial score (nSPS) is 23.6. The van der Waals surface area contributed by atoms with E-state index in [-0.39, 0.29) is 29.7 Å². The number of hydrogen-bond donors (Lipinski definition) is 1. The Balaban J connectivity index is 1.53. The first-order valence-electron chi connectivity index (χ1n) is 9.86. The minimum atomic E-state index is -0.349. The third kappa shape index (κ3) is 2.93. The molecule has 1 fully saturated rings. The number of ether oxygens (including phenoxy) is 1. The van der Waals surface area contributed by atoms with Gasteiger partial charge in [0, 0.05) is 12.1 Å². The maximum Gasteiger partial charge on any atom is 0.268 e. The summed E-state index contributed by atoms with van der Waals surface area (Å²) in [5, 5.41) is 9.60. The van der Waals surface area contributed by atoms with Crippen molar-refractivity contribution in [2.75, 3.05) is 11.6 Å². The highest BCUT2D eigenvalue weighted by Crippen LogP contribution is 2.43. The van der Waals surface area contributed by atoms with Gasteiger partial charge in [0.15, 0.2) is 0 Å². The maximum atomic E-state index is 13.9. The molecular weight excluding hydrogens is 357 g/mol. The zero-order valence-electron chi connectivity index (χ0n) is 15.5. The predicted octanol–water partition coefficient (Wildman–Crippen LogP) is 3.61. The Morgan fingerprint density at radius 2 is 1.93 bits per heavy atom. The second kappa shape index (κ2) is 6.93. The Labute approximate surface area is 163 Å². The average molecular weight is 379 g/mol. The fraction of sp³-hybridized carbons (Fsp3) is 0.364. The molecular formula is C22H22FN3O2. The largest absolute Gasteiger partial charge is 0.489 e. The van der Waals surface area contributed by atoms with Crippen molar-refractivity contribution >= 4 is 17.3 Å². The number of hydrazone groups is 1. The van der Waals surface area contributed by atoms with E-state index in [9.17, 15) is 9.18 Å². The Morgan fingerprint density at radius 1 is 1.14 bits per heavy atom. The monoisotopic (exact) mass is 379 g/mol. The number of benzene rings is 2. The molecule has 0 unspecified atom stereocenters. The molecule has 1 saturated carbocycles. The zero-order chi connectivity index (χ0) is 19.1. The molecule has 2 aliphatic heterocycles. The first-order valence-corrected chi connectivity index (χ1v) is 9.86. The second-order valence-electron chi connectivity index (χ2n) is 7.66. The predicted molar refractivity (Wildman–Crippen MR) is 105 cm³/mol. The Kier molecular flexibility index (Phi) is 4.26. The highest BCUT2D eigenvalue weighted by Gasteiger charge is 2.45. The molecule has 2 heterocycles. The van der Waals surface area contributed by atoms with Gasteiger partial charge in [0.25, 0.3) is 5.91 Å². The number of amides is 1. The molecule has 2 aromatic carbocycles. The number of fused-ring (bicyclic) bond motifs is 3. The fourth-order valence-corrected chi connectivity index (χ4v) is 4.50. The molecule has 1 amide bonds. The molecule has 28 heavy (non-hydrogen) atoms. The summed E-state index contributed by atoms with van der Waals surface area (Å²) in [6.45, 7) is 0.391. The molecule has 1 N–H and O–H groups in total. The van der Waals surface area contributed by atoms with Crippen molar-refractivity contribution in [3.8, 4) is 5.75 Å². The third-order valence-electron chi connectivity index (χ3n) is 5.87. The van der Waals surface area contributed by atoms with Crippen LogP contribution in [0, 0.1) is 5.82 Å². The highest BCUT2D eigenvalue weighted by molar-refractivity contribution is 6.42. The van der Waals surface area contributed by atoms with Gasteiger partial charge in [-0.2, -0.15) is 5.10 Å². The molecule has 144 valence electrons.